The van der Waals surface area contributed by atoms with Gasteiger partial charge in [0.15, 0.2) is 0 Å². The molecule has 9 rings (SSSR count). The molecule has 8 aromatic rings. The van der Waals surface area contributed by atoms with Gasteiger partial charge in [0.25, 0.3) is 0 Å². The number of pyridine rings is 1. The molecule has 6 aromatic carbocycles. The van der Waals surface area contributed by atoms with Crippen LogP contribution < -0.4 is 14.5 Å². The fourth-order valence-electron chi connectivity index (χ4n) is 8.25. The standard InChI is InChI=1S/C53H52N4O/c1-34-28-50(54-32-45(34)51-35(2)26-38(27-36(51)3)53(7,8)9)57-46-21-11-10-20-43(46)44-25-24-42(31-49(44)57)58-41-19-15-18-40(30-41)56-33-55(47-22-12-13-23-48(47)56)39-17-14-16-37(29-39)52(4,5)6/h10-32H,33H2,1-9H3/i1D3,2D3. The van der Waals surface area contributed by atoms with Gasteiger partial charge in [0, 0.05) is 54.3 Å². The largest absolute Gasteiger partial charge is 0.457 e. The zero-order valence-corrected chi connectivity index (χ0v) is 34.2. The summed E-state index contributed by atoms with van der Waals surface area (Å²) in [4.78, 5) is 9.56. The highest BCUT2D eigenvalue weighted by atomic mass is 16.5. The molecular weight excluding hydrogens is 709 g/mol. The summed E-state index contributed by atoms with van der Waals surface area (Å²) in [7, 11) is 0. The molecule has 5 nitrogen and oxygen atoms in total. The Kier molecular flexibility index (Phi) is 7.40. The molecule has 5 heteroatoms. The van der Waals surface area contributed by atoms with E-state index < -0.39 is 13.7 Å². The number of nitrogens with zero attached hydrogens (tertiary/aromatic N) is 4. The van der Waals surface area contributed by atoms with E-state index in [1.165, 1.54) is 11.8 Å². The smallest absolute Gasteiger partial charge is 0.137 e. The molecule has 0 aliphatic carbocycles. The van der Waals surface area contributed by atoms with Crippen LogP contribution in [0.5, 0.6) is 11.5 Å². The van der Waals surface area contributed by atoms with Crippen LogP contribution in [0.25, 0.3) is 38.8 Å². The maximum Gasteiger partial charge on any atom is 0.137 e. The van der Waals surface area contributed by atoms with Crippen molar-refractivity contribution in [2.45, 2.75) is 73.0 Å². The molecule has 0 bridgehead atoms. The number of anilines is 4. The lowest BCUT2D eigenvalue weighted by Crippen LogP contribution is -2.24. The third-order valence-corrected chi connectivity index (χ3v) is 11.4. The molecule has 1 aliphatic rings. The minimum Gasteiger partial charge on any atom is -0.457 e. The van der Waals surface area contributed by atoms with Gasteiger partial charge >= 0.3 is 0 Å². The number of hydrogen-bond acceptors (Lipinski definition) is 4. The van der Waals surface area contributed by atoms with Crippen molar-refractivity contribution in [3.63, 3.8) is 0 Å². The second kappa shape index (κ2) is 13.9. The number of rotatable bonds is 6. The second-order valence-electron chi connectivity index (χ2n) is 17.5. The molecule has 0 saturated heterocycles. The Labute approximate surface area is 351 Å². The molecule has 1 aliphatic heterocycles. The van der Waals surface area contributed by atoms with Crippen molar-refractivity contribution in [3.05, 3.63) is 167 Å². The van der Waals surface area contributed by atoms with E-state index in [0.717, 1.165) is 50.1 Å². The van der Waals surface area contributed by atoms with E-state index >= 15 is 0 Å². The monoisotopic (exact) mass is 766 g/mol. The van der Waals surface area contributed by atoms with Crippen molar-refractivity contribution < 1.29 is 13.0 Å². The molecule has 0 amide bonds. The minimum absolute atomic E-state index is 0.0196. The number of fused-ring (bicyclic) bond motifs is 4. The zero-order valence-electron chi connectivity index (χ0n) is 40.2. The molecule has 3 heterocycles. The molecular formula is C53H52N4O. The molecule has 290 valence electrons. The Balaban J connectivity index is 1.11. The van der Waals surface area contributed by atoms with Gasteiger partial charge in [-0.2, -0.15) is 0 Å². The molecule has 0 spiro atoms. The van der Waals surface area contributed by atoms with Crippen LogP contribution >= 0.6 is 0 Å². The first-order valence-electron chi connectivity index (χ1n) is 22.9. The Morgan fingerprint density at radius 2 is 1.21 bits per heavy atom. The first kappa shape index (κ1) is 30.8. The third kappa shape index (κ3) is 6.58. The first-order chi connectivity index (χ1) is 30.2. The van der Waals surface area contributed by atoms with E-state index in [-0.39, 0.29) is 27.5 Å². The molecule has 0 N–H and O–H groups in total. The number of benzene rings is 6. The van der Waals surface area contributed by atoms with Crippen molar-refractivity contribution in [1.82, 2.24) is 9.55 Å². The van der Waals surface area contributed by atoms with Gasteiger partial charge in [-0.3, -0.25) is 4.57 Å². The van der Waals surface area contributed by atoms with E-state index in [1.54, 1.807) is 12.1 Å². The average Bonchev–Trinajstić information content (AvgIpc) is 3.78. The Hall–Kier alpha value is -6.33. The number of aromatic nitrogens is 2. The quantitative estimate of drug-likeness (QED) is 0.169. The van der Waals surface area contributed by atoms with E-state index in [2.05, 4.69) is 91.2 Å². The van der Waals surface area contributed by atoms with Gasteiger partial charge in [-0.15, -0.1) is 0 Å². The van der Waals surface area contributed by atoms with Crippen LogP contribution in [0.3, 0.4) is 0 Å². The highest BCUT2D eigenvalue weighted by Crippen LogP contribution is 2.46. The summed E-state index contributed by atoms with van der Waals surface area (Å²) in [6.45, 7) is 10.2. The van der Waals surface area contributed by atoms with Crippen molar-refractivity contribution in [3.8, 4) is 28.4 Å². The molecule has 0 saturated carbocycles. The first-order valence-corrected chi connectivity index (χ1v) is 19.9. The van der Waals surface area contributed by atoms with Gasteiger partial charge in [-0.1, -0.05) is 102 Å². The summed E-state index contributed by atoms with van der Waals surface area (Å²) in [6, 6.07) is 44.5. The molecule has 58 heavy (non-hydrogen) atoms. The molecule has 2 aromatic heterocycles. The lowest BCUT2D eigenvalue weighted by atomic mass is 9.82. The fraction of sp³-hybridized carbons (Fsp3) is 0.226. The summed E-state index contributed by atoms with van der Waals surface area (Å²) in [5.41, 5.74) is 9.28. The van der Waals surface area contributed by atoms with Crippen molar-refractivity contribution >= 4 is 44.6 Å². The van der Waals surface area contributed by atoms with Crippen molar-refractivity contribution in [2.24, 2.45) is 0 Å². The molecule has 0 atom stereocenters. The van der Waals surface area contributed by atoms with Crippen molar-refractivity contribution in [1.29, 1.82) is 0 Å². The fourth-order valence-corrected chi connectivity index (χ4v) is 8.25. The molecule has 0 unspecified atom stereocenters. The van der Waals surface area contributed by atoms with Crippen LogP contribution in [0.4, 0.5) is 22.7 Å². The summed E-state index contributed by atoms with van der Waals surface area (Å²) in [5.74, 6) is 1.65. The lowest BCUT2D eigenvalue weighted by molar-refractivity contribution is 0.483. The van der Waals surface area contributed by atoms with Gasteiger partial charge in [-0.05, 0) is 126 Å². The maximum absolute atomic E-state index is 8.74. The van der Waals surface area contributed by atoms with Crippen LogP contribution in [0.1, 0.15) is 77.6 Å². The van der Waals surface area contributed by atoms with Crippen LogP contribution in [0, 0.1) is 20.6 Å². The number of ether oxygens (including phenoxy) is 1. The number of para-hydroxylation sites is 3. The van der Waals surface area contributed by atoms with Gasteiger partial charge in [0.1, 0.15) is 24.0 Å². The zero-order chi connectivity index (χ0) is 45.5. The number of aryl methyl sites for hydroxylation is 3. The van der Waals surface area contributed by atoms with E-state index in [4.69, 9.17) is 17.9 Å². The normalized spacial score (nSPS) is 15.1. The second-order valence-corrected chi connectivity index (χ2v) is 17.5. The SMILES string of the molecule is [2H]C([2H])([2H])c1cc(-n2c3ccccc3c3ccc(Oc4cccc(N5CN(c6cccc(C(C)(C)C)c6)c6ccccc65)c4)cc32)ncc1-c1c(C)cc(C(C)(C)C)cc1C([2H])([2H])[2H]. The predicted molar refractivity (Wildman–Crippen MR) is 244 cm³/mol. The summed E-state index contributed by atoms with van der Waals surface area (Å²) in [6.07, 6.45) is 1.52. The summed E-state index contributed by atoms with van der Waals surface area (Å²) in [5, 5.41) is 1.91. The van der Waals surface area contributed by atoms with Gasteiger partial charge < -0.3 is 14.5 Å². The minimum atomic E-state index is -2.59. The van der Waals surface area contributed by atoms with Gasteiger partial charge in [0.2, 0.25) is 0 Å². The van der Waals surface area contributed by atoms with Gasteiger partial charge in [0.05, 0.1) is 22.4 Å². The molecule has 0 radical (unpaired) electrons. The topological polar surface area (TPSA) is 33.5 Å². The van der Waals surface area contributed by atoms with E-state index in [1.807, 2.05) is 92.9 Å². The van der Waals surface area contributed by atoms with E-state index in [0.29, 0.717) is 35.1 Å². The van der Waals surface area contributed by atoms with Crippen LogP contribution in [-0.4, -0.2) is 16.2 Å². The highest BCUT2D eigenvalue weighted by Gasteiger charge is 2.29. The third-order valence-electron chi connectivity index (χ3n) is 11.4. The molecule has 0 fully saturated rings. The predicted octanol–water partition coefficient (Wildman–Crippen LogP) is 14.4. The van der Waals surface area contributed by atoms with Crippen LogP contribution in [0.15, 0.2) is 140 Å². The number of hydrogen-bond donors (Lipinski definition) is 0. The summed E-state index contributed by atoms with van der Waals surface area (Å²) < 4.78 is 60.4. The summed E-state index contributed by atoms with van der Waals surface area (Å²) >= 11 is 0. The Morgan fingerprint density at radius 1 is 0.569 bits per heavy atom. The van der Waals surface area contributed by atoms with Crippen LogP contribution in [-0.2, 0) is 10.8 Å². The maximum atomic E-state index is 8.74. The van der Waals surface area contributed by atoms with Gasteiger partial charge in [-0.25, -0.2) is 4.98 Å². The van der Waals surface area contributed by atoms with Crippen LogP contribution in [0.2, 0.25) is 0 Å². The lowest BCUT2D eigenvalue weighted by Gasteiger charge is -2.25. The van der Waals surface area contributed by atoms with E-state index in [9.17, 15) is 0 Å². The Morgan fingerprint density at radius 3 is 1.93 bits per heavy atom. The van der Waals surface area contributed by atoms with Crippen molar-refractivity contribution in [2.75, 3.05) is 16.5 Å². The Bertz CT molecular complexity index is 3100. The average molecular weight is 767 g/mol. The highest BCUT2D eigenvalue weighted by molar-refractivity contribution is 6.09.